The number of ether oxygens (including phenoxy) is 2. The average molecular weight is 467 g/mol. The van der Waals surface area contributed by atoms with Crippen LogP contribution in [0.5, 0.6) is 11.6 Å². The first-order chi connectivity index (χ1) is 15.9. The molecule has 2 aromatic carbocycles. The van der Waals surface area contributed by atoms with Crippen LogP contribution in [0.4, 0.5) is 0 Å². The molecule has 0 bridgehead atoms. The van der Waals surface area contributed by atoms with Crippen LogP contribution in [0.15, 0.2) is 77.3 Å². The molecule has 0 unspecified atom stereocenters. The van der Waals surface area contributed by atoms with Crippen LogP contribution in [0.3, 0.4) is 0 Å². The third-order valence-electron chi connectivity index (χ3n) is 4.78. The molecule has 0 aliphatic carbocycles. The number of hydrogen-bond donors (Lipinski definition) is 1. The lowest BCUT2D eigenvalue weighted by atomic mass is 10.2. The lowest BCUT2D eigenvalue weighted by molar-refractivity contribution is 0.288. The van der Waals surface area contributed by atoms with Crippen molar-refractivity contribution < 1.29 is 26.9 Å². The van der Waals surface area contributed by atoms with E-state index >= 15 is 0 Å². The van der Waals surface area contributed by atoms with Gasteiger partial charge >= 0.3 is 0 Å². The Morgan fingerprint density at radius 3 is 2.42 bits per heavy atom. The maximum absolute atomic E-state index is 11.2. The van der Waals surface area contributed by atoms with Crippen LogP contribution in [0.2, 0.25) is 0 Å². The molecule has 0 amide bonds. The van der Waals surface area contributed by atoms with Crippen molar-refractivity contribution in [3.05, 3.63) is 95.5 Å². The maximum Gasteiger partial charge on any atom is 0.269 e. The molecule has 4 rings (SSSR count). The number of oxazole rings is 1. The van der Waals surface area contributed by atoms with E-state index in [2.05, 4.69) is 9.97 Å². The van der Waals surface area contributed by atoms with Crippen molar-refractivity contribution in [1.82, 2.24) is 9.97 Å². The fourth-order valence-electron chi connectivity index (χ4n) is 3.11. The van der Waals surface area contributed by atoms with Gasteiger partial charge in [-0.2, -0.15) is 8.42 Å². The van der Waals surface area contributed by atoms with Gasteiger partial charge in [0.15, 0.2) is 0 Å². The van der Waals surface area contributed by atoms with Gasteiger partial charge in [-0.3, -0.25) is 4.55 Å². The van der Waals surface area contributed by atoms with Gasteiger partial charge in [0, 0.05) is 17.3 Å². The van der Waals surface area contributed by atoms with Crippen molar-refractivity contribution in [3.63, 3.8) is 0 Å². The second-order valence-electron chi connectivity index (χ2n) is 7.30. The minimum absolute atomic E-state index is 0.158. The average Bonchev–Trinajstić information content (AvgIpc) is 3.18. The predicted octanol–water partition coefficient (Wildman–Crippen LogP) is 4.59. The molecule has 0 radical (unpaired) electrons. The largest absolute Gasteiger partial charge is 0.487 e. The first-order valence-corrected chi connectivity index (χ1v) is 11.7. The van der Waals surface area contributed by atoms with Gasteiger partial charge in [-0.25, -0.2) is 9.97 Å². The summed E-state index contributed by atoms with van der Waals surface area (Å²) in [4.78, 5) is 8.58. The van der Waals surface area contributed by atoms with Crippen molar-refractivity contribution in [1.29, 1.82) is 0 Å². The fraction of sp³-hybridized carbons (Fsp3) is 0.167. The van der Waals surface area contributed by atoms with Crippen molar-refractivity contribution >= 4 is 10.1 Å². The molecule has 0 aliphatic rings. The molecule has 0 spiro atoms. The van der Waals surface area contributed by atoms with Crippen molar-refractivity contribution in [3.8, 4) is 23.1 Å². The van der Waals surface area contributed by atoms with E-state index in [1.54, 1.807) is 12.1 Å². The summed E-state index contributed by atoms with van der Waals surface area (Å²) < 4.78 is 48.7. The molecule has 0 fully saturated rings. The van der Waals surface area contributed by atoms with Crippen LogP contribution >= 0.6 is 0 Å². The number of nitrogens with zero attached hydrogens (tertiary/aromatic N) is 2. The maximum atomic E-state index is 11.2. The zero-order valence-corrected chi connectivity index (χ0v) is 18.7. The Hall–Kier alpha value is -3.69. The zero-order valence-electron chi connectivity index (χ0n) is 17.8. The summed E-state index contributed by atoms with van der Waals surface area (Å²) in [6, 6.07) is 20.1. The van der Waals surface area contributed by atoms with Crippen molar-refractivity contribution in [2.45, 2.75) is 25.9 Å². The Labute approximate surface area is 191 Å². The van der Waals surface area contributed by atoms with Crippen LogP contribution in [-0.2, 0) is 29.1 Å². The van der Waals surface area contributed by atoms with E-state index in [0.717, 1.165) is 16.8 Å². The number of rotatable bonds is 9. The van der Waals surface area contributed by atoms with Gasteiger partial charge in [0.1, 0.15) is 36.2 Å². The van der Waals surface area contributed by atoms with Gasteiger partial charge in [-0.15, -0.1) is 0 Å². The Morgan fingerprint density at radius 1 is 0.939 bits per heavy atom. The molecule has 2 aromatic heterocycles. The van der Waals surface area contributed by atoms with E-state index in [1.807, 2.05) is 61.5 Å². The van der Waals surface area contributed by atoms with E-state index in [-0.39, 0.29) is 24.7 Å². The molecule has 9 heteroatoms. The highest BCUT2D eigenvalue weighted by Crippen LogP contribution is 2.23. The standard InChI is InChI=1S/C24H22N2O6S/c1-17-22(26-24(32-17)19-6-3-2-4-7-19)15-30-21-11-9-18(10-12-21)14-31-23-20(8-5-13-25-23)16-33(27,28)29/h2-13H,14-16H2,1H3,(H,27,28,29). The number of hydrogen-bond acceptors (Lipinski definition) is 7. The number of aromatic nitrogens is 2. The quantitative estimate of drug-likeness (QED) is 0.357. The van der Waals surface area contributed by atoms with Crippen LogP contribution < -0.4 is 9.47 Å². The smallest absolute Gasteiger partial charge is 0.269 e. The van der Waals surface area contributed by atoms with E-state index in [1.165, 1.54) is 6.20 Å². The molecule has 8 nitrogen and oxygen atoms in total. The van der Waals surface area contributed by atoms with Crippen LogP contribution in [0.1, 0.15) is 22.6 Å². The Balaban J connectivity index is 1.35. The summed E-state index contributed by atoms with van der Waals surface area (Å²) in [5, 5.41) is 0. The lowest BCUT2D eigenvalue weighted by Gasteiger charge is -2.10. The van der Waals surface area contributed by atoms with Crippen molar-refractivity contribution in [2.24, 2.45) is 0 Å². The SMILES string of the molecule is Cc1oc(-c2ccccc2)nc1COc1ccc(COc2ncccc2CS(=O)(=O)O)cc1. The highest BCUT2D eigenvalue weighted by molar-refractivity contribution is 7.85. The summed E-state index contributed by atoms with van der Waals surface area (Å²) in [5.74, 6) is 1.52. The monoisotopic (exact) mass is 466 g/mol. The van der Waals surface area contributed by atoms with Gasteiger partial charge in [0.2, 0.25) is 11.8 Å². The van der Waals surface area contributed by atoms with Crippen molar-refractivity contribution in [2.75, 3.05) is 0 Å². The molecule has 0 atom stereocenters. The molecule has 0 aliphatic heterocycles. The summed E-state index contributed by atoms with van der Waals surface area (Å²) in [7, 11) is -4.18. The minimum atomic E-state index is -4.18. The molecule has 2 heterocycles. The van der Waals surface area contributed by atoms with E-state index in [0.29, 0.717) is 17.4 Å². The summed E-state index contributed by atoms with van der Waals surface area (Å²) >= 11 is 0. The second-order valence-corrected chi connectivity index (χ2v) is 8.76. The van der Waals surface area contributed by atoms with E-state index in [4.69, 9.17) is 18.4 Å². The van der Waals surface area contributed by atoms with E-state index < -0.39 is 15.9 Å². The molecule has 170 valence electrons. The van der Waals surface area contributed by atoms with Gasteiger partial charge in [0.05, 0.1) is 0 Å². The summed E-state index contributed by atoms with van der Waals surface area (Å²) in [6.45, 7) is 2.30. The summed E-state index contributed by atoms with van der Waals surface area (Å²) in [5.41, 5.74) is 2.76. The molecule has 1 N–H and O–H groups in total. The van der Waals surface area contributed by atoms with Gasteiger partial charge in [0.25, 0.3) is 10.1 Å². The minimum Gasteiger partial charge on any atom is -0.487 e. The third kappa shape index (κ3) is 6.18. The lowest BCUT2D eigenvalue weighted by Crippen LogP contribution is -2.06. The fourth-order valence-corrected chi connectivity index (χ4v) is 3.72. The molecule has 0 saturated heterocycles. The Morgan fingerprint density at radius 2 is 1.70 bits per heavy atom. The molecule has 4 aromatic rings. The number of benzene rings is 2. The van der Waals surface area contributed by atoms with Gasteiger partial charge in [-0.1, -0.05) is 36.4 Å². The second kappa shape index (κ2) is 9.85. The molecular weight excluding hydrogens is 444 g/mol. The number of aryl methyl sites for hydroxylation is 1. The molecular formula is C24H22N2O6S. The van der Waals surface area contributed by atoms with Gasteiger partial charge in [-0.05, 0) is 42.8 Å². The third-order valence-corrected chi connectivity index (χ3v) is 5.45. The highest BCUT2D eigenvalue weighted by Gasteiger charge is 2.14. The molecule has 33 heavy (non-hydrogen) atoms. The number of pyridine rings is 1. The highest BCUT2D eigenvalue weighted by atomic mass is 32.2. The van der Waals surface area contributed by atoms with Crippen LogP contribution in [0, 0.1) is 6.92 Å². The van der Waals surface area contributed by atoms with Crippen LogP contribution in [0.25, 0.3) is 11.5 Å². The predicted molar refractivity (Wildman–Crippen MR) is 121 cm³/mol. The van der Waals surface area contributed by atoms with Crippen LogP contribution in [-0.4, -0.2) is 22.9 Å². The Bertz CT molecular complexity index is 1320. The summed E-state index contributed by atoms with van der Waals surface area (Å²) in [6.07, 6.45) is 1.49. The Kier molecular flexibility index (Phi) is 6.71. The normalized spacial score (nSPS) is 11.3. The van der Waals surface area contributed by atoms with E-state index in [9.17, 15) is 8.42 Å². The topological polar surface area (TPSA) is 112 Å². The zero-order chi connectivity index (χ0) is 23.3. The first-order valence-electron chi connectivity index (χ1n) is 10.1. The first kappa shape index (κ1) is 22.5. The van der Waals surface area contributed by atoms with Gasteiger partial charge < -0.3 is 13.9 Å². The molecule has 0 saturated carbocycles.